The Morgan fingerprint density at radius 1 is 0.978 bits per heavy atom. The largest absolute Gasteiger partial charge is 0.444 e. The van der Waals surface area contributed by atoms with Crippen LogP contribution in [0.3, 0.4) is 0 Å². The first kappa shape index (κ1) is 31.3. The van der Waals surface area contributed by atoms with Crippen LogP contribution in [0.15, 0.2) is 48.7 Å². The van der Waals surface area contributed by atoms with E-state index >= 15 is 4.39 Å². The van der Waals surface area contributed by atoms with Crippen molar-refractivity contribution in [3.63, 3.8) is 0 Å². The van der Waals surface area contributed by atoms with Crippen molar-refractivity contribution in [1.29, 1.82) is 0 Å². The Hall–Kier alpha value is -3.70. The molecule has 6 rings (SSSR count). The van der Waals surface area contributed by atoms with Crippen LogP contribution in [0.25, 0.3) is 11.3 Å². The number of aromatic nitrogens is 3. The molecule has 3 fully saturated rings. The third-order valence-electron chi connectivity index (χ3n) is 8.55. The molecule has 238 valence electrons. The summed E-state index contributed by atoms with van der Waals surface area (Å²) in [5.41, 5.74) is -0.326. The van der Waals surface area contributed by atoms with Crippen LogP contribution in [0.5, 0.6) is 0 Å². The van der Waals surface area contributed by atoms with Crippen LogP contribution in [-0.2, 0) is 15.2 Å². The number of amides is 3. The number of carbonyl (C=O) groups excluding carboxylic acids is 3. The van der Waals surface area contributed by atoms with E-state index in [9.17, 15) is 14.4 Å². The Kier molecular flexibility index (Phi) is 8.28. The molecule has 1 unspecified atom stereocenters. The van der Waals surface area contributed by atoms with E-state index in [4.69, 9.17) is 27.9 Å². The highest BCUT2D eigenvalue weighted by Crippen LogP contribution is 2.38. The van der Waals surface area contributed by atoms with Gasteiger partial charge in [-0.1, -0.05) is 40.5 Å². The quantitative estimate of drug-likeness (QED) is 0.347. The molecule has 4 heterocycles. The first-order valence-corrected chi connectivity index (χ1v) is 15.8. The van der Waals surface area contributed by atoms with Crippen LogP contribution < -0.4 is 0 Å². The van der Waals surface area contributed by atoms with Gasteiger partial charge in [-0.15, -0.1) is 5.10 Å². The molecule has 2 aromatic carbocycles. The summed E-state index contributed by atoms with van der Waals surface area (Å²) >= 11 is 12.3. The number of benzene rings is 2. The lowest BCUT2D eigenvalue weighted by Gasteiger charge is -2.44. The standard InChI is InChI=1S/C32H35Cl2FN6O4/c1-31(2,3)45-30(44)39-18-32(35,19-39)22-6-4-5-20(13-22)28(42)38-10-7-25(8-11-38)40-12-9-27(29(40)43)41-17-26(36-37-41)21-14-23(33)16-24(34)15-21/h4-6,13-17,25,27H,7-12,18-19H2,1-3H3. The summed E-state index contributed by atoms with van der Waals surface area (Å²) in [7, 11) is 0. The molecule has 0 aliphatic carbocycles. The number of carbonyl (C=O) groups is 3. The fourth-order valence-electron chi connectivity index (χ4n) is 6.25. The van der Waals surface area contributed by atoms with Gasteiger partial charge < -0.3 is 19.4 Å². The highest BCUT2D eigenvalue weighted by atomic mass is 35.5. The van der Waals surface area contributed by atoms with Gasteiger partial charge >= 0.3 is 6.09 Å². The second-order valence-corrected chi connectivity index (χ2v) is 13.9. The van der Waals surface area contributed by atoms with E-state index in [1.54, 1.807) is 79.0 Å². The van der Waals surface area contributed by atoms with E-state index < -0.39 is 23.4 Å². The molecule has 1 aromatic heterocycles. The second-order valence-electron chi connectivity index (χ2n) is 13.0. The topological polar surface area (TPSA) is 101 Å². The molecule has 45 heavy (non-hydrogen) atoms. The molecule has 3 aliphatic rings. The maximum absolute atomic E-state index is 15.7. The van der Waals surface area contributed by atoms with E-state index in [1.807, 2.05) is 4.90 Å². The predicted octanol–water partition coefficient (Wildman–Crippen LogP) is 5.75. The van der Waals surface area contributed by atoms with Gasteiger partial charge in [0.05, 0.1) is 19.3 Å². The number of rotatable bonds is 5. The molecule has 0 N–H and O–H groups in total. The van der Waals surface area contributed by atoms with Gasteiger partial charge in [-0.25, -0.2) is 13.9 Å². The Balaban J connectivity index is 1.04. The van der Waals surface area contributed by atoms with Crippen LogP contribution in [0, 0.1) is 0 Å². The molecule has 0 saturated carbocycles. The summed E-state index contributed by atoms with van der Waals surface area (Å²) in [6.45, 7) is 6.61. The van der Waals surface area contributed by atoms with Crippen LogP contribution in [-0.4, -0.2) is 92.0 Å². The lowest BCUT2D eigenvalue weighted by atomic mass is 9.87. The van der Waals surface area contributed by atoms with Crippen molar-refractivity contribution in [3.8, 4) is 11.3 Å². The maximum atomic E-state index is 15.7. The van der Waals surface area contributed by atoms with Gasteiger partial charge in [-0.05, 0) is 75.9 Å². The molecule has 1 atom stereocenters. The minimum absolute atomic E-state index is 0.00976. The minimum atomic E-state index is -1.74. The summed E-state index contributed by atoms with van der Waals surface area (Å²) in [6.07, 6.45) is 3.09. The van der Waals surface area contributed by atoms with E-state index in [1.165, 1.54) is 4.90 Å². The number of alkyl halides is 1. The maximum Gasteiger partial charge on any atom is 0.410 e. The summed E-state index contributed by atoms with van der Waals surface area (Å²) in [6, 6.07) is 11.3. The van der Waals surface area contributed by atoms with Crippen molar-refractivity contribution >= 4 is 41.1 Å². The SMILES string of the molecule is CC(C)(C)OC(=O)N1CC(F)(c2cccc(C(=O)N3CCC(N4CCC(n5cc(-c6cc(Cl)cc(Cl)c6)nn5)C4=O)CC3)c2)C1. The Labute approximate surface area is 271 Å². The Morgan fingerprint density at radius 2 is 1.67 bits per heavy atom. The number of halogens is 3. The lowest BCUT2D eigenvalue weighted by Crippen LogP contribution is -2.59. The van der Waals surface area contributed by atoms with Gasteiger partial charge in [-0.3, -0.25) is 9.59 Å². The molecule has 13 heteroatoms. The van der Waals surface area contributed by atoms with E-state index in [-0.39, 0.29) is 30.9 Å². The van der Waals surface area contributed by atoms with Gasteiger partial charge in [0.1, 0.15) is 17.3 Å². The summed E-state index contributed by atoms with van der Waals surface area (Å²) < 4.78 is 22.6. The molecular formula is C32H35Cl2FN6O4. The normalized spacial score (nSPS) is 20.4. The molecule has 0 radical (unpaired) electrons. The van der Waals surface area contributed by atoms with Crippen molar-refractivity contribution in [2.45, 2.75) is 63.4 Å². The number of hydrogen-bond donors (Lipinski definition) is 0. The number of ether oxygens (including phenoxy) is 1. The first-order chi connectivity index (χ1) is 21.3. The number of nitrogens with zero attached hydrogens (tertiary/aromatic N) is 6. The first-order valence-electron chi connectivity index (χ1n) is 15.1. The van der Waals surface area contributed by atoms with Crippen molar-refractivity contribution in [3.05, 3.63) is 69.8 Å². The third-order valence-corrected chi connectivity index (χ3v) is 8.99. The zero-order chi connectivity index (χ0) is 32.1. The van der Waals surface area contributed by atoms with Gasteiger partial charge in [0, 0.05) is 46.8 Å². The molecule has 3 saturated heterocycles. The zero-order valence-electron chi connectivity index (χ0n) is 25.4. The van der Waals surface area contributed by atoms with Crippen molar-refractivity contribution in [1.82, 2.24) is 29.7 Å². The number of hydrogen-bond acceptors (Lipinski definition) is 6. The minimum Gasteiger partial charge on any atom is -0.444 e. The number of likely N-dealkylation sites (tertiary alicyclic amines) is 3. The Morgan fingerprint density at radius 3 is 2.33 bits per heavy atom. The summed E-state index contributed by atoms with van der Waals surface area (Å²) in [5, 5.41) is 9.43. The van der Waals surface area contributed by atoms with Crippen LogP contribution in [0.1, 0.15) is 62.0 Å². The monoisotopic (exact) mass is 656 g/mol. The average molecular weight is 658 g/mol. The van der Waals surface area contributed by atoms with Gasteiger partial charge in [0.25, 0.3) is 5.91 Å². The smallest absolute Gasteiger partial charge is 0.410 e. The fraction of sp³-hybridized carbons (Fsp3) is 0.469. The van der Waals surface area contributed by atoms with Crippen LogP contribution in [0.2, 0.25) is 10.0 Å². The van der Waals surface area contributed by atoms with Crippen LogP contribution in [0.4, 0.5) is 9.18 Å². The lowest BCUT2D eigenvalue weighted by molar-refractivity contribution is -0.133. The molecule has 3 aromatic rings. The van der Waals surface area contributed by atoms with Crippen molar-refractivity contribution in [2.24, 2.45) is 0 Å². The molecular weight excluding hydrogens is 622 g/mol. The average Bonchev–Trinajstić information content (AvgIpc) is 3.61. The van der Waals surface area contributed by atoms with E-state index in [0.29, 0.717) is 65.8 Å². The third kappa shape index (κ3) is 6.51. The predicted molar refractivity (Wildman–Crippen MR) is 167 cm³/mol. The van der Waals surface area contributed by atoms with Gasteiger partial charge in [0.15, 0.2) is 5.67 Å². The second kappa shape index (κ2) is 11.9. The van der Waals surface area contributed by atoms with Gasteiger partial charge in [0.2, 0.25) is 5.91 Å². The molecule has 3 amide bonds. The molecule has 0 bridgehead atoms. The molecule has 10 nitrogen and oxygen atoms in total. The molecule has 3 aliphatic heterocycles. The van der Waals surface area contributed by atoms with Crippen molar-refractivity contribution < 1.29 is 23.5 Å². The van der Waals surface area contributed by atoms with Gasteiger partial charge in [-0.2, -0.15) is 0 Å². The highest BCUT2D eigenvalue weighted by molar-refractivity contribution is 6.35. The van der Waals surface area contributed by atoms with Crippen LogP contribution >= 0.6 is 23.2 Å². The van der Waals surface area contributed by atoms with E-state index in [0.717, 1.165) is 5.56 Å². The highest BCUT2D eigenvalue weighted by Gasteiger charge is 2.49. The van der Waals surface area contributed by atoms with E-state index in [2.05, 4.69) is 10.3 Å². The fourth-order valence-corrected chi connectivity index (χ4v) is 6.77. The van der Waals surface area contributed by atoms with Crippen molar-refractivity contribution in [2.75, 3.05) is 32.7 Å². The summed E-state index contributed by atoms with van der Waals surface area (Å²) in [5.74, 6) is -0.189. The molecule has 0 spiro atoms. The Bertz CT molecular complexity index is 1610. The zero-order valence-corrected chi connectivity index (χ0v) is 26.9. The summed E-state index contributed by atoms with van der Waals surface area (Å²) in [4.78, 5) is 44.1. The number of piperidine rings is 1.